The van der Waals surface area contributed by atoms with Gasteiger partial charge in [0.15, 0.2) is 0 Å². The van der Waals surface area contributed by atoms with Crippen LogP contribution in [0.4, 0.5) is 10.5 Å². The molecule has 0 radical (unpaired) electrons. The quantitative estimate of drug-likeness (QED) is 0.203. The second-order valence-corrected chi connectivity index (χ2v) is 11.5. The molecule has 39 heavy (non-hydrogen) atoms. The van der Waals surface area contributed by atoms with Gasteiger partial charge in [0.2, 0.25) is 5.91 Å². The molecule has 0 unspecified atom stereocenters. The van der Waals surface area contributed by atoms with Gasteiger partial charge in [0, 0.05) is 52.1 Å². The standard InChI is InChI=1S/C28H26N4O5S2/c1-18-15-20(16-25-27(34)30(28(35)39-25)17-26(33)29-13-3-4-14-29)19(2)31(18)21-5-9-23(10-6-21)38-24-11-7-22(8-12-24)32(36)37/h5-12,15-16H,3-4,13-14,17H2,1-2H3/b25-16+. The molecule has 2 fully saturated rings. The van der Waals surface area contributed by atoms with Crippen LogP contribution in [0.5, 0.6) is 0 Å². The average Bonchev–Trinajstić information content (AvgIpc) is 3.61. The third kappa shape index (κ3) is 5.64. The predicted octanol–water partition coefficient (Wildman–Crippen LogP) is 5.81. The summed E-state index contributed by atoms with van der Waals surface area (Å²) in [6.07, 6.45) is 3.62. The minimum Gasteiger partial charge on any atom is -0.341 e. The van der Waals surface area contributed by atoms with Crippen LogP contribution in [0.2, 0.25) is 0 Å². The summed E-state index contributed by atoms with van der Waals surface area (Å²) >= 11 is 2.38. The van der Waals surface area contributed by atoms with Gasteiger partial charge in [-0.15, -0.1) is 0 Å². The van der Waals surface area contributed by atoms with Gasteiger partial charge in [-0.25, -0.2) is 0 Å². The van der Waals surface area contributed by atoms with Crippen LogP contribution in [0.25, 0.3) is 11.8 Å². The highest BCUT2D eigenvalue weighted by atomic mass is 32.2. The number of rotatable bonds is 7. The van der Waals surface area contributed by atoms with E-state index in [9.17, 15) is 24.5 Å². The first kappa shape index (κ1) is 26.8. The van der Waals surface area contributed by atoms with Gasteiger partial charge in [-0.2, -0.15) is 0 Å². The lowest BCUT2D eigenvalue weighted by Gasteiger charge is -2.18. The Kier molecular flexibility index (Phi) is 7.62. The fourth-order valence-corrected chi connectivity index (χ4v) is 6.39. The Morgan fingerprint density at radius 1 is 1.03 bits per heavy atom. The number of aryl methyl sites for hydroxylation is 1. The van der Waals surface area contributed by atoms with Gasteiger partial charge in [0.05, 0.1) is 9.83 Å². The number of nitro groups is 1. The Labute approximate surface area is 234 Å². The van der Waals surface area contributed by atoms with Crippen molar-refractivity contribution in [1.82, 2.24) is 14.4 Å². The first-order chi connectivity index (χ1) is 18.7. The summed E-state index contributed by atoms with van der Waals surface area (Å²) in [5.74, 6) is -0.626. The fraction of sp³-hybridized carbons (Fsp3) is 0.250. The molecule has 0 atom stereocenters. The Bertz CT molecular complexity index is 1490. The smallest absolute Gasteiger partial charge is 0.294 e. The lowest BCUT2D eigenvalue weighted by molar-refractivity contribution is -0.384. The van der Waals surface area contributed by atoms with Crippen LogP contribution in [0, 0.1) is 24.0 Å². The average molecular weight is 563 g/mol. The molecule has 200 valence electrons. The van der Waals surface area contributed by atoms with E-state index >= 15 is 0 Å². The van der Waals surface area contributed by atoms with Crippen molar-refractivity contribution < 1.29 is 19.3 Å². The number of nitrogens with zero attached hydrogens (tertiary/aromatic N) is 4. The van der Waals surface area contributed by atoms with Crippen LogP contribution in [0.1, 0.15) is 29.8 Å². The molecule has 0 spiro atoms. The second-order valence-electron chi connectivity index (χ2n) is 9.36. The highest BCUT2D eigenvalue weighted by Crippen LogP contribution is 2.34. The van der Waals surface area contributed by atoms with E-state index in [1.807, 2.05) is 44.2 Å². The molecule has 3 aromatic rings. The minimum absolute atomic E-state index is 0.0596. The number of nitro benzene ring substituents is 1. The Hall–Kier alpha value is -3.83. The molecule has 2 aliphatic heterocycles. The summed E-state index contributed by atoms with van der Waals surface area (Å²) in [6, 6.07) is 16.4. The molecule has 9 nitrogen and oxygen atoms in total. The number of likely N-dealkylation sites (tertiary alicyclic amines) is 1. The predicted molar refractivity (Wildman–Crippen MR) is 151 cm³/mol. The van der Waals surface area contributed by atoms with E-state index in [2.05, 4.69) is 4.57 Å². The van der Waals surface area contributed by atoms with Crippen molar-refractivity contribution in [2.45, 2.75) is 36.5 Å². The normalized spacial score (nSPS) is 16.5. The zero-order valence-corrected chi connectivity index (χ0v) is 23.1. The number of hydrogen-bond acceptors (Lipinski definition) is 7. The number of hydrogen-bond donors (Lipinski definition) is 0. The first-order valence-electron chi connectivity index (χ1n) is 12.5. The number of non-ortho nitro benzene ring substituents is 1. The number of thioether (sulfide) groups is 1. The van der Waals surface area contributed by atoms with Gasteiger partial charge in [0.25, 0.3) is 16.8 Å². The largest absolute Gasteiger partial charge is 0.341 e. The van der Waals surface area contributed by atoms with E-state index < -0.39 is 16.1 Å². The molecule has 2 aliphatic rings. The van der Waals surface area contributed by atoms with Crippen LogP contribution >= 0.6 is 23.5 Å². The summed E-state index contributed by atoms with van der Waals surface area (Å²) in [4.78, 5) is 53.4. The minimum atomic E-state index is -0.435. The van der Waals surface area contributed by atoms with E-state index in [1.165, 1.54) is 23.9 Å². The van der Waals surface area contributed by atoms with Crippen molar-refractivity contribution in [3.8, 4) is 5.69 Å². The van der Waals surface area contributed by atoms with Crippen molar-refractivity contribution in [2.75, 3.05) is 19.6 Å². The molecule has 2 saturated heterocycles. The summed E-state index contributed by atoms with van der Waals surface area (Å²) in [5, 5.41) is 10.4. The van der Waals surface area contributed by atoms with Crippen molar-refractivity contribution in [2.24, 2.45) is 0 Å². The lowest BCUT2D eigenvalue weighted by Crippen LogP contribution is -2.40. The molecule has 0 aliphatic carbocycles. The maximum atomic E-state index is 13.0. The number of carbonyl (C=O) groups is 3. The molecular weight excluding hydrogens is 536 g/mol. The monoisotopic (exact) mass is 562 g/mol. The second kappa shape index (κ2) is 11.1. The van der Waals surface area contributed by atoms with Crippen LogP contribution < -0.4 is 0 Å². The van der Waals surface area contributed by atoms with E-state index in [-0.39, 0.29) is 18.1 Å². The van der Waals surface area contributed by atoms with E-state index in [0.717, 1.165) is 61.9 Å². The third-order valence-electron chi connectivity index (χ3n) is 6.76. The topological polar surface area (TPSA) is 106 Å². The van der Waals surface area contributed by atoms with E-state index in [1.54, 1.807) is 23.1 Å². The molecule has 2 aromatic carbocycles. The fourth-order valence-electron chi connectivity index (χ4n) is 4.75. The third-order valence-corrected chi connectivity index (χ3v) is 8.68. The van der Waals surface area contributed by atoms with Gasteiger partial charge < -0.3 is 9.47 Å². The summed E-state index contributed by atoms with van der Waals surface area (Å²) in [7, 11) is 0. The van der Waals surface area contributed by atoms with Crippen molar-refractivity contribution in [3.63, 3.8) is 0 Å². The molecule has 3 heterocycles. The van der Waals surface area contributed by atoms with Crippen LogP contribution in [0.15, 0.2) is 69.3 Å². The number of imide groups is 1. The summed E-state index contributed by atoms with van der Waals surface area (Å²) in [5.41, 5.74) is 3.72. The Morgan fingerprint density at radius 2 is 1.64 bits per heavy atom. The maximum absolute atomic E-state index is 13.0. The van der Waals surface area contributed by atoms with Gasteiger partial charge in [-0.05, 0) is 92.6 Å². The van der Waals surface area contributed by atoms with Crippen molar-refractivity contribution in [3.05, 3.63) is 86.6 Å². The number of aromatic nitrogens is 1. The highest BCUT2D eigenvalue weighted by molar-refractivity contribution is 8.18. The lowest BCUT2D eigenvalue weighted by atomic mass is 10.2. The molecule has 0 saturated carbocycles. The van der Waals surface area contributed by atoms with Crippen LogP contribution in [-0.4, -0.2) is 56.0 Å². The van der Waals surface area contributed by atoms with E-state index in [4.69, 9.17) is 0 Å². The molecule has 0 N–H and O–H groups in total. The van der Waals surface area contributed by atoms with Gasteiger partial charge in [-0.3, -0.25) is 29.4 Å². The summed E-state index contributed by atoms with van der Waals surface area (Å²) < 4.78 is 2.08. The molecular formula is C28H26N4O5S2. The van der Waals surface area contributed by atoms with Crippen molar-refractivity contribution >= 4 is 52.3 Å². The maximum Gasteiger partial charge on any atom is 0.294 e. The number of benzene rings is 2. The molecule has 11 heteroatoms. The molecule has 5 rings (SSSR count). The first-order valence-corrected chi connectivity index (χ1v) is 14.1. The highest BCUT2D eigenvalue weighted by Gasteiger charge is 2.37. The molecule has 0 bridgehead atoms. The number of amides is 3. The number of carbonyl (C=O) groups excluding carboxylic acids is 3. The Balaban J connectivity index is 1.31. The van der Waals surface area contributed by atoms with Gasteiger partial charge >= 0.3 is 0 Å². The van der Waals surface area contributed by atoms with Crippen LogP contribution in [-0.2, 0) is 9.59 Å². The molecule has 3 amide bonds. The van der Waals surface area contributed by atoms with E-state index in [0.29, 0.717) is 18.0 Å². The van der Waals surface area contributed by atoms with Gasteiger partial charge in [0.1, 0.15) is 6.54 Å². The zero-order chi connectivity index (χ0) is 27.7. The van der Waals surface area contributed by atoms with Gasteiger partial charge in [-0.1, -0.05) is 11.8 Å². The zero-order valence-electron chi connectivity index (χ0n) is 21.5. The van der Waals surface area contributed by atoms with Crippen molar-refractivity contribution in [1.29, 1.82) is 0 Å². The van der Waals surface area contributed by atoms with Crippen LogP contribution in [0.3, 0.4) is 0 Å². The molecule has 1 aromatic heterocycles. The Morgan fingerprint density at radius 3 is 2.26 bits per heavy atom. The SMILES string of the molecule is Cc1cc(/C=C2/SC(=O)N(CC(=O)N3CCCC3)C2=O)c(C)n1-c1ccc(Sc2ccc([N+](=O)[O-])cc2)cc1. The summed E-state index contributed by atoms with van der Waals surface area (Å²) in [6.45, 7) is 5.07.